The molecule has 1 saturated carbocycles. The Kier molecular flexibility index (Phi) is 7.93. The number of aliphatic hydroxyl groups excluding tert-OH is 1. The fourth-order valence-electron chi connectivity index (χ4n) is 4.68. The molecule has 1 amide bonds. The van der Waals surface area contributed by atoms with Gasteiger partial charge in [-0.3, -0.25) is 9.69 Å². The number of carbonyl (C=O) groups is 1. The van der Waals surface area contributed by atoms with Crippen molar-refractivity contribution in [1.29, 1.82) is 0 Å². The molecule has 2 N–H and O–H groups in total. The maximum absolute atomic E-state index is 13.0. The topological polar surface area (TPSA) is 81.6 Å². The van der Waals surface area contributed by atoms with Crippen LogP contribution >= 0.6 is 0 Å². The number of nitrogens with zero attached hydrogens (tertiary/aromatic N) is 4. The van der Waals surface area contributed by atoms with Gasteiger partial charge in [-0.25, -0.2) is 9.97 Å². The molecule has 0 bridgehead atoms. The summed E-state index contributed by atoms with van der Waals surface area (Å²) in [5.41, 5.74) is 3.46. The molecule has 0 radical (unpaired) electrons. The fraction of sp³-hybridized carbons (Fsp3) is 0.577. The first-order chi connectivity index (χ1) is 16.1. The second-order valence-corrected chi connectivity index (χ2v) is 9.68. The van der Waals surface area contributed by atoms with Gasteiger partial charge in [-0.05, 0) is 74.6 Å². The Hall–Kier alpha value is -2.51. The third-order valence-electron chi connectivity index (χ3n) is 6.68. The highest BCUT2D eigenvalue weighted by Crippen LogP contribution is 2.31. The van der Waals surface area contributed by atoms with Crippen molar-refractivity contribution in [3.8, 4) is 0 Å². The minimum Gasteiger partial charge on any atom is -0.396 e. The third-order valence-corrected chi connectivity index (χ3v) is 6.68. The van der Waals surface area contributed by atoms with E-state index in [-0.39, 0.29) is 12.5 Å². The average Bonchev–Trinajstić information content (AvgIpc) is 3.65. The summed E-state index contributed by atoms with van der Waals surface area (Å²) in [6.07, 6.45) is 7.35. The number of hydrogen-bond acceptors (Lipinski definition) is 6. The Morgan fingerprint density at radius 3 is 2.79 bits per heavy atom. The van der Waals surface area contributed by atoms with Crippen LogP contribution in [0.15, 0.2) is 30.6 Å². The van der Waals surface area contributed by atoms with Gasteiger partial charge in [-0.2, -0.15) is 0 Å². The van der Waals surface area contributed by atoms with Crippen LogP contribution in [0.4, 0.5) is 11.5 Å². The van der Waals surface area contributed by atoms with Crippen molar-refractivity contribution >= 4 is 17.4 Å². The van der Waals surface area contributed by atoms with Crippen LogP contribution in [0.1, 0.15) is 60.6 Å². The first-order valence-electron chi connectivity index (χ1n) is 12.4. The first-order valence-corrected chi connectivity index (χ1v) is 12.4. The molecule has 2 aromatic rings. The van der Waals surface area contributed by atoms with Gasteiger partial charge >= 0.3 is 0 Å². The molecule has 1 unspecified atom stereocenters. The lowest BCUT2D eigenvalue weighted by Crippen LogP contribution is -2.36. The van der Waals surface area contributed by atoms with E-state index in [9.17, 15) is 9.90 Å². The molecular weight excluding hydrogens is 414 g/mol. The quantitative estimate of drug-likeness (QED) is 0.571. The van der Waals surface area contributed by atoms with E-state index in [4.69, 9.17) is 0 Å². The average molecular weight is 452 g/mol. The summed E-state index contributed by atoms with van der Waals surface area (Å²) in [5.74, 6) is 1.76. The summed E-state index contributed by atoms with van der Waals surface area (Å²) in [6.45, 7) is 9.28. The van der Waals surface area contributed by atoms with Crippen molar-refractivity contribution in [2.75, 3.05) is 43.0 Å². The van der Waals surface area contributed by atoms with Crippen LogP contribution in [0.25, 0.3) is 0 Å². The molecule has 178 valence electrons. The van der Waals surface area contributed by atoms with E-state index >= 15 is 0 Å². The number of aryl methyl sites for hydroxylation is 1. The largest absolute Gasteiger partial charge is 0.396 e. The zero-order chi connectivity index (χ0) is 23.2. The van der Waals surface area contributed by atoms with Gasteiger partial charge in [0.2, 0.25) is 0 Å². The van der Waals surface area contributed by atoms with Crippen LogP contribution in [-0.4, -0.2) is 58.7 Å². The summed E-state index contributed by atoms with van der Waals surface area (Å²) >= 11 is 0. The van der Waals surface area contributed by atoms with Crippen molar-refractivity contribution in [2.45, 2.75) is 52.5 Å². The molecule has 1 aliphatic heterocycles. The Bertz CT molecular complexity index is 946. The van der Waals surface area contributed by atoms with Gasteiger partial charge in [0.05, 0.1) is 0 Å². The first kappa shape index (κ1) is 23.6. The zero-order valence-electron chi connectivity index (χ0n) is 20.0. The highest BCUT2D eigenvalue weighted by atomic mass is 16.3. The summed E-state index contributed by atoms with van der Waals surface area (Å²) in [7, 11) is 0. The Morgan fingerprint density at radius 2 is 2.06 bits per heavy atom. The van der Waals surface area contributed by atoms with E-state index in [0.717, 1.165) is 75.0 Å². The van der Waals surface area contributed by atoms with Gasteiger partial charge in [0.15, 0.2) is 0 Å². The number of nitrogens with one attached hydrogen (secondary N) is 1. The highest BCUT2D eigenvalue weighted by molar-refractivity contribution is 6.03. The van der Waals surface area contributed by atoms with Gasteiger partial charge in [-0.1, -0.05) is 19.1 Å². The van der Waals surface area contributed by atoms with Crippen LogP contribution in [0.2, 0.25) is 0 Å². The lowest BCUT2D eigenvalue weighted by molar-refractivity contribution is 0.102. The van der Waals surface area contributed by atoms with Crippen LogP contribution in [0.3, 0.4) is 0 Å². The number of piperidine rings is 1. The molecule has 1 aromatic carbocycles. The van der Waals surface area contributed by atoms with Crippen LogP contribution < -0.4 is 10.2 Å². The van der Waals surface area contributed by atoms with E-state index in [2.05, 4.69) is 44.1 Å². The van der Waals surface area contributed by atoms with E-state index in [0.29, 0.717) is 11.6 Å². The second-order valence-electron chi connectivity index (χ2n) is 9.68. The number of aromatic nitrogens is 2. The van der Waals surface area contributed by atoms with E-state index in [1.807, 2.05) is 19.1 Å². The fourth-order valence-corrected chi connectivity index (χ4v) is 4.68. The number of rotatable bonds is 10. The molecule has 2 fully saturated rings. The molecule has 1 aliphatic carbocycles. The van der Waals surface area contributed by atoms with Crippen molar-refractivity contribution in [1.82, 2.24) is 14.9 Å². The summed E-state index contributed by atoms with van der Waals surface area (Å²) in [4.78, 5) is 26.3. The maximum Gasteiger partial charge on any atom is 0.274 e. The van der Waals surface area contributed by atoms with E-state index < -0.39 is 0 Å². The van der Waals surface area contributed by atoms with Crippen LogP contribution in [-0.2, 0) is 6.54 Å². The Balaban J connectivity index is 1.39. The van der Waals surface area contributed by atoms with Crippen LogP contribution in [0.5, 0.6) is 0 Å². The van der Waals surface area contributed by atoms with E-state index in [1.165, 1.54) is 24.7 Å². The van der Waals surface area contributed by atoms with Crippen molar-refractivity contribution in [2.24, 2.45) is 11.8 Å². The number of carbonyl (C=O) groups excluding carboxylic acids is 1. The molecule has 1 aromatic heterocycles. The maximum atomic E-state index is 13.0. The number of hydrogen-bond donors (Lipinski definition) is 2. The molecule has 7 nitrogen and oxygen atoms in total. The number of anilines is 2. The lowest BCUT2D eigenvalue weighted by atomic mass is 9.98. The summed E-state index contributed by atoms with van der Waals surface area (Å²) in [6, 6.07) is 8.01. The normalized spacial score (nSPS) is 18.8. The molecule has 0 spiro atoms. The summed E-state index contributed by atoms with van der Waals surface area (Å²) in [5, 5.41) is 12.5. The minimum absolute atomic E-state index is 0.209. The molecule has 4 rings (SSSR count). The molecule has 33 heavy (non-hydrogen) atoms. The highest BCUT2D eigenvalue weighted by Gasteiger charge is 2.25. The van der Waals surface area contributed by atoms with Crippen molar-refractivity contribution in [3.05, 3.63) is 47.4 Å². The summed E-state index contributed by atoms with van der Waals surface area (Å²) < 4.78 is 0. The van der Waals surface area contributed by atoms with Gasteiger partial charge in [0, 0.05) is 44.5 Å². The number of likely N-dealkylation sites (tertiary alicyclic amines) is 1. The minimum atomic E-state index is -0.209. The number of amides is 1. The molecule has 7 heteroatoms. The monoisotopic (exact) mass is 451 g/mol. The zero-order valence-corrected chi connectivity index (χ0v) is 20.0. The Morgan fingerprint density at radius 1 is 1.21 bits per heavy atom. The third kappa shape index (κ3) is 6.51. The van der Waals surface area contributed by atoms with Gasteiger partial charge in [0.25, 0.3) is 5.91 Å². The van der Waals surface area contributed by atoms with Crippen LogP contribution in [0, 0.1) is 18.8 Å². The SMILES string of the molecule is CCCN(CC1CC1)c1cc(C(=O)Nc2ccc(CN3CCCC(CO)C3)cc2C)ncn1. The predicted octanol–water partition coefficient (Wildman–Crippen LogP) is 3.87. The molecule has 2 heterocycles. The predicted molar refractivity (Wildman–Crippen MR) is 131 cm³/mol. The molecule has 1 saturated heterocycles. The van der Waals surface area contributed by atoms with Crippen molar-refractivity contribution < 1.29 is 9.90 Å². The Labute approximate surface area is 197 Å². The molecule has 1 atom stereocenters. The number of aliphatic hydroxyl groups is 1. The number of benzene rings is 1. The van der Waals surface area contributed by atoms with Gasteiger partial charge < -0.3 is 15.3 Å². The van der Waals surface area contributed by atoms with E-state index in [1.54, 1.807) is 0 Å². The second kappa shape index (κ2) is 11.1. The smallest absolute Gasteiger partial charge is 0.274 e. The van der Waals surface area contributed by atoms with Gasteiger partial charge in [0.1, 0.15) is 17.8 Å². The molecular formula is C26H37N5O2. The standard InChI is InChI=1S/C26H37N5O2/c1-3-10-31(16-20-6-7-20)25-13-24(27-18-28-25)26(33)29-23-9-8-21(12-19(23)2)14-30-11-4-5-22(15-30)17-32/h8-9,12-13,18,20,22,32H,3-7,10-11,14-17H2,1-2H3,(H,29,33). The van der Waals surface area contributed by atoms with Gasteiger partial charge in [-0.15, -0.1) is 0 Å². The molecule has 2 aliphatic rings. The lowest BCUT2D eigenvalue weighted by Gasteiger charge is -2.31. The van der Waals surface area contributed by atoms with Crippen molar-refractivity contribution in [3.63, 3.8) is 0 Å².